The quantitative estimate of drug-likeness (QED) is 0.818. The zero-order chi connectivity index (χ0) is 18.7. The standard InChI is InChI=1S/C18H21FN2O4S/c1-3-25-18(23)21-9-7-20(8-10-21)17(22)16-12(11-24-2)15-13(19)5-4-6-14(15)26-16/h4-6H,3,7-11H2,1-2H3. The maximum Gasteiger partial charge on any atom is 0.409 e. The molecule has 1 aromatic heterocycles. The van der Waals surface area contributed by atoms with Crippen LogP contribution in [0, 0.1) is 5.82 Å². The fourth-order valence-corrected chi connectivity index (χ4v) is 4.26. The van der Waals surface area contributed by atoms with Crippen LogP contribution in [0.25, 0.3) is 10.1 Å². The Hall–Kier alpha value is -2.19. The van der Waals surface area contributed by atoms with Gasteiger partial charge in [-0.25, -0.2) is 9.18 Å². The molecule has 1 aromatic carbocycles. The van der Waals surface area contributed by atoms with Gasteiger partial charge in [0.25, 0.3) is 5.91 Å². The molecule has 1 saturated heterocycles. The summed E-state index contributed by atoms with van der Waals surface area (Å²) in [6.45, 7) is 3.93. The number of ether oxygens (including phenoxy) is 2. The molecule has 140 valence electrons. The van der Waals surface area contributed by atoms with Crippen molar-refractivity contribution in [2.24, 2.45) is 0 Å². The number of rotatable bonds is 4. The minimum Gasteiger partial charge on any atom is -0.450 e. The summed E-state index contributed by atoms with van der Waals surface area (Å²) in [4.78, 5) is 28.6. The van der Waals surface area contributed by atoms with Crippen LogP contribution in [0.2, 0.25) is 0 Å². The fraction of sp³-hybridized carbons (Fsp3) is 0.444. The molecule has 1 aliphatic rings. The number of carbonyl (C=O) groups excluding carboxylic acids is 2. The lowest BCUT2D eigenvalue weighted by Crippen LogP contribution is -2.50. The molecule has 0 radical (unpaired) electrons. The molecule has 1 fully saturated rings. The Morgan fingerprint density at radius 3 is 2.54 bits per heavy atom. The van der Waals surface area contributed by atoms with E-state index in [1.165, 1.54) is 24.5 Å². The van der Waals surface area contributed by atoms with E-state index in [1.807, 2.05) is 0 Å². The van der Waals surface area contributed by atoms with Crippen molar-refractivity contribution in [2.75, 3.05) is 39.9 Å². The normalized spacial score (nSPS) is 14.7. The Labute approximate surface area is 155 Å². The highest BCUT2D eigenvalue weighted by Gasteiger charge is 2.29. The van der Waals surface area contributed by atoms with E-state index in [1.54, 1.807) is 28.9 Å². The summed E-state index contributed by atoms with van der Waals surface area (Å²) in [6, 6.07) is 4.83. The zero-order valence-corrected chi connectivity index (χ0v) is 15.6. The van der Waals surface area contributed by atoms with Crippen molar-refractivity contribution in [2.45, 2.75) is 13.5 Å². The molecule has 0 N–H and O–H groups in total. The van der Waals surface area contributed by atoms with E-state index in [0.717, 1.165) is 4.70 Å². The van der Waals surface area contributed by atoms with Gasteiger partial charge in [0.05, 0.1) is 18.1 Å². The SMILES string of the molecule is CCOC(=O)N1CCN(C(=O)c2sc3cccc(F)c3c2COC)CC1. The van der Waals surface area contributed by atoms with Gasteiger partial charge < -0.3 is 19.3 Å². The van der Waals surface area contributed by atoms with Gasteiger partial charge in [0.15, 0.2) is 0 Å². The van der Waals surface area contributed by atoms with Crippen molar-refractivity contribution in [3.05, 3.63) is 34.5 Å². The minimum absolute atomic E-state index is 0.152. The number of hydrogen-bond donors (Lipinski definition) is 0. The van der Waals surface area contributed by atoms with Gasteiger partial charge in [0, 0.05) is 48.9 Å². The Kier molecular flexibility index (Phi) is 5.73. The van der Waals surface area contributed by atoms with Crippen LogP contribution in [0.15, 0.2) is 18.2 Å². The molecule has 2 amide bonds. The third kappa shape index (κ3) is 3.52. The third-order valence-electron chi connectivity index (χ3n) is 4.34. The maximum atomic E-state index is 14.3. The van der Waals surface area contributed by atoms with Gasteiger partial charge in [0.2, 0.25) is 0 Å². The van der Waals surface area contributed by atoms with E-state index in [2.05, 4.69) is 0 Å². The van der Waals surface area contributed by atoms with Crippen molar-refractivity contribution in [3.8, 4) is 0 Å². The van der Waals surface area contributed by atoms with Gasteiger partial charge in [-0.3, -0.25) is 4.79 Å². The summed E-state index contributed by atoms with van der Waals surface area (Å²) in [5.74, 6) is -0.502. The Bertz CT molecular complexity index is 815. The summed E-state index contributed by atoms with van der Waals surface area (Å²) >= 11 is 1.28. The molecule has 0 unspecified atom stereocenters. The molecular weight excluding hydrogens is 359 g/mol. The number of hydrogen-bond acceptors (Lipinski definition) is 5. The predicted molar refractivity (Wildman–Crippen MR) is 97.0 cm³/mol. The van der Waals surface area contributed by atoms with Gasteiger partial charge in [-0.05, 0) is 19.1 Å². The van der Waals surface area contributed by atoms with Gasteiger partial charge in [-0.2, -0.15) is 0 Å². The second-order valence-electron chi connectivity index (χ2n) is 5.93. The van der Waals surface area contributed by atoms with Crippen LogP contribution in [0.5, 0.6) is 0 Å². The average Bonchev–Trinajstić information content (AvgIpc) is 3.02. The lowest BCUT2D eigenvalue weighted by molar-refractivity contribution is 0.0571. The number of piperazine rings is 1. The maximum absolute atomic E-state index is 14.3. The fourth-order valence-electron chi connectivity index (χ4n) is 3.07. The number of fused-ring (bicyclic) bond motifs is 1. The van der Waals surface area contributed by atoms with Crippen LogP contribution in [0.4, 0.5) is 9.18 Å². The highest BCUT2D eigenvalue weighted by atomic mass is 32.1. The molecular formula is C18H21FN2O4S. The molecule has 26 heavy (non-hydrogen) atoms. The summed E-state index contributed by atoms with van der Waals surface area (Å²) in [5, 5.41) is 0.452. The number of thiophene rings is 1. The van der Waals surface area contributed by atoms with Crippen molar-refractivity contribution >= 4 is 33.4 Å². The first-order chi connectivity index (χ1) is 12.6. The third-order valence-corrected chi connectivity index (χ3v) is 5.52. The summed E-state index contributed by atoms with van der Waals surface area (Å²) < 4.78 is 25.2. The van der Waals surface area contributed by atoms with E-state index in [4.69, 9.17) is 9.47 Å². The molecule has 6 nitrogen and oxygen atoms in total. The van der Waals surface area contributed by atoms with Crippen LogP contribution < -0.4 is 0 Å². The molecule has 0 saturated carbocycles. The van der Waals surface area contributed by atoms with Gasteiger partial charge in [-0.15, -0.1) is 11.3 Å². The first-order valence-electron chi connectivity index (χ1n) is 8.46. The molecule has 8 heteroatoms. The smallest absolute Gasteiger partial charge is 0.409 e. The highest BCUT2D eigenvalue weighted by Crippen LogP contribution is 2.34. The highest BCUT2D eigenvalue weighted by molar-refractivity contribution is 7.21. The topological polar surface area (TPSA) is 59.1 Å². The van der Waals surface area contributed by atoms with Crippen molar-refractivity contribution < 1.29 is 23.5 Å². The van der Waals surface area contributed by atoms with Gasteiger partial charge >= 0.3 is 6.09 Å². The van der Waals surface area contributed by atoms with Crippen LogP contribution >= 0.6 is 11.3 Å². The first-order valence-corrected chi connectivity index (χ1v) is 9.28. The van der Waals surface area contributed by atoms with E-state index in [9.17, 15) is 14.0 Å². The Morgan fingerprint density at radius 1 is 1.19 bits per heavy atom. The van der Waals surface area contributed by atoms with Gasteiger partial charge in [0.1, 0.15) is 5.82 Å². The zero-order valence-electron chi connectivity index (χ0n) is 14.8. The molecule has 2 heterocycles. The van der Waals surface area contributed by atoms with E-state index in [-0.39, 0.29) is 24.4 Å². The summed E-state index contributed by atoms with van der Waals surface area (Å²) in [7, 11) is 1.52. The second-order valence-corrected chi connectivity index (χ2v) is 6.99. The first kappa shape index (κ1) is 18.6. The lowest BCUT2D eigenvalue weighted by Gasteiger charge is -2.34. The summed E-state index contributed by atoms with van der Waals surface area (Å²) in [5.41, 5.74) is 0.587. The van der Waals surface area contributed by atoms with Crippen LogP contribution in [0.3, 0.4) is 0 Å². The molecule has 3 rings (SSSR count). The minimum atomic E-state index is -0.358. The number of methoxy groups -OCH3 is 1. The average molecular weight is 380 g/mol. The van der Waals surface area contributed by atoms with Crippen molar-refractivity contribution in [1.82, 2.24) is 9.80 Å². The van der Waals surface area contributed by atoms with E-state index < -0.39 is 0 Å². The molecule has 0 aliphatic carbocycles. The Balaban J connectivity index is 1.81. The molecule has 0 bridgehead atoms. The summed E-state index contributed by atoms with van der Waals surface area (Å²) in [6.07, 6.45) is -0.358. The number of halogens is 1. The lowest BCUT2D eigenvalue weighted by atomic mass is 10.1. The molecule has 1 aliphatic heterocycles. The van der Waals surface area contributed by atoms with Crippen LogP contribution in [-0.4, -0.2) is 61.7 Å². The monoisotopic (exact) mass is 380 g/mol. The van der Waals surface area contributed by atoms with Crippen molar-refractivity contribution in [1.29, 1.82) is 0 Å². The Morgan fingerprint density at radius 2 is 1.88 bits per heavy atom. The largest absolute Gasteiger partial charge is 0.450 e. The molecule has 2 aromatic rings. The van der Waals surface area contributed by atoms with Crippen molar-refractivity contribution in [3.63, 3.8) is 0 Å². The van der Waals surface area contributed by atoms with Crippen LogP contribution in [0.1, 0.15) is 22.2 Å². The predicted octanol–water partition coefficient (Wildman–Crippen LogP) is 3.10. The second kappa shape index (κ2) is 8.01. The molecule has 0 atom stereocenters. The van der Waals surface area contributed by atoms with E-state index in [0.29, 0.717) is 48.6 Å². The molecule has 0 spiro atoms. The van der Waals surface area contributed by atoms with E-state index >= 15 is 0 Å². The number of nitrogens with zero attached hydrogens (tertiary/aromatic N) is 2. The number of benzene rings is 1. The number of carbonyl (C=O) groups is 2. The van der Waals surface area contributed by atoms with Gasteiger partial charge in [-0.1, -0.05) is 6.07 Å². The number of amides is 2. The van der Waals surface area contributed by atoms with Crippen LogP contribution in [-0.2, 0) is 16.1 Å².